The van der Waals surface area contributed by atoms with Crippen LogP contribution in [0.2, 0.25) is 10.0 Å². The number of nitrogen functional groups attached to an aromatic ring is 1. The molecule has 2 aromatic heterocycles. The molecule has 6 heterocycles. The molecule has 1 atom stereocenters. The number of nitrogens with zero attached hydrogens (tertiary/aromatic N) is 6. The van der Waals surface area contributed by atoms with Crippen LogP contribution in [0.15, 0.2) is 55.0 Å². The van der Waals surface area contributed by atoms with Crippen LogP contribution in [0.25, 0.3) is 11.1 Å². The number of piperidine rings is 2. The van der Waals surface area contributed by atoms with E-state index in [0.29, 0.717) is 54.0 Å². The lowest BCUT2D eigenvalue weighted by Gasteiger charge is -2.39. The molecule has 18 heteroatoms. The summed E-state index contributed by atoms with van der Waals surface area (Å²) in [5.74, 6) is -1.32. The second-order valence-corrected chi connectivity index (χ2v) is 17.8. The third-order valence-corrected chi connectivity index (χ3v) is 13.5. The standard InChI is InChI=1S/C46H52Cl2FN9O6/c47-34-10-11-35(49)42(48)32(34)16-20-64-38-21-29(23-52-43(38)50)30-24-53-57(27-30)31-14-18-56(19-15-31)40(60)9-4-2-1-3-5-17-55-25-28(26-55)22-51-36-8-6-7-33-41(36)46(63)58(45(33)62)37-12-13-39(59)54-44(37)61/h6-8,10-11,21,23-24,27-28,31,37,51H,1-5,9,12-20,22,25-26H2,(H2,50,52)(H,54,59,61)/t37-/m0/s1. The van der Waals surface area contributed by atoms with Gasteiger partial charge in [-0.25, -0.2) is 9.37 Å². The first-order valence-corrected chi connectivity index (χ1v) is 22.8. The van der Waals surface area contributed by atoms with E-state index in [1.54, 1.807) is 36.7 Å². The summed E-state index contributed by atoms with van der Waals surface area (Å²) < 4.78 is 21.8. The molecule has 4 aromatic rings. The first kappa shape index (κ1) is 45.0. The molecule has 0 unspecified atom stereocenters. The molecule has 0 radical (unpaired) electrons. The highest BCUT2D eigenvalue weighted by molar-refractivity contribution is 6.36. The van der Waals surface area contributed by atoms with Gasteiger partial charge in [-0.05, 0) is 74.5 Å². The quantitative estimate of drug-likeness (QED) is 0.0559. The number of rotatable bonds is 18. The summed E-state index contributed by atoms with van der Waals surface area (Å²) in [5.41, 5.74) is 9.37. The zero-order chi connectivity index (χ0) is 44.9. The predicted molar refractivity (Wildman–Crippen MR) is 240 cm³/mol. The predicted octanol–water partition coefficient (Wildman–Crippen LogP) is 6.54. The number of halogens is 3. The van der Waals surface area contributed by atoms with Crippen molar-refractivity contribution in [3.8, 4) is 16.9 Å². The maximum atomic E-state index is 13.9. The largest absolute Gasteiger partial charge is 0.489 e. The number of carbonyl (C=O) groups excluding carboxylic acids is 5. The summed E-state index contributed by atoms with van der Waals surface area (Å²) in [4.78, 5) is 73.3. The topological polar surface area (TPSA) is 185 Å². The third-order valence-electron chi connectivity index (χ3n) is 12.7. The number of likely N-dealkylation sites (tertiary alicyclic amines) is 2. The lowest BCUT2D eigenvalue weighted by molar-refractivity contribution is -0.136. The summed E-state index contributed by atoms with van der Waals surface area (Å²) in [6.45, 7) is 5.16. The van der Waals surface area contributed by atoms with Crippen LogP contribution in [0.4, 0.5) is 15.9 Å². The van der Waals surface area contributed by atoms with Crippen molar-refractivity contribution in [1.82, 2.24) is 34.8 Å². The van der Waals surface area contributed by atoms with Crippen LogP contribution in [-0.4, -0.2) is 111 Å². The van der Waals surface area contributed by atoms with Gasteiger partial charge in [-0.15, -0.1) is 0 Å². The van der Waals surface area contributed by atoms with Gasteiger partial charge in [-0.1, -0.05) is 48.5 Å². The molecule has 8 rings (SSSR count). The molecule has 0 aliphatic carbocycles. The Morgan fingerprint density at radius 2 is 1.73 bits per heavy atom. The molecule has 5 amide bonds. The number of nitrogens with two attached hydrogens (primary N) is 1. The molecule has 0 saturated carbocycles. The number of pyridine rings is 1. The molecule has 0 bridgehead atoms. The molecule has 2 aromatic carbocycles. The molecule has 64 heavy (non-hydrogen) atoms. The van der Waals surface area contributed by atoms with Gasteiger partial charge in [0, 0.05) is 92.1 Å². The highest BCUT2D eigenvalue weighted by atomic mass is 35.5. The van der Waals surface area contributed by atoms with Gasteiger partial charge in [-0.2, -0.15) is 5.10 Å². The number of fused-ring (bicyclic) bond motifs is 1. The average Bonchev–Trinajstić information content (AvgIpc) is 3.87. The lowest BCUT2D eigenvalue weighted by Crippen LogP contribution is -2.54. The average molecular weight is 917 g/mol. The molecule has 4 aliphatic rings. The van der Waals surface area contributed by atoms with Crippen molar-refractivity contribution in [3.05, 3.63) is 87.5 Å². The monoisotopic (exact) mass is 915 g/mol. The van der Waals surface area contributed by atoms with Crippen LogP contribution in [0.5, 0.6) is 5.75 Å². The van der Waals surface area contributed by atoms with Crippen LogP contribution in [-0.2, 0) is 20.8 Å². The van der Waals surface area contributed by atoms with E-state index in [2.05, 4.69) is 25.6 Å². The van der Waals surface area contributed by atoms with Gasteiger partial charge in [0.2, 0.25) is 17.7 Å². The maximum Gasteiger partial charge on any atom is 0.264 e. The lowest BCUT2D eigenvalue weighted by atomic mass is 9.98. The van der Waals surface area contributed by atoms with E-state index in [9.17, 15) is 28.4 Å². The number of hydrogen-bond acceptors (Lipinski definition) is 11. The number of imide groups is 2. The Kier molecular flexibility index (Phi) is 14.1. The smallest absolute Gasteiger partial charge is 0.264 e. The zero-order valence-electron chi connectivity index (χ0n) is 35.5. The highest BCUT2D eigenvalue weighted by Crippen LogP contribution is 2.34. The van der Waals surface area contributed by atoms with E-state index < -0.39 is 35.5 Å². The Bertz CT molecular complexity index is 2420. The normalized spacial score (nSPS) is 18.3. The van der Waals surface area contributed by atoms with Gasteiger partial charge in [0.1, 0.15) is 11.9 Å². The van der Waals surface area contributed by atoms with Gasteiger partial charge in [0.25, 0.3) is 11.8 Å². The van der Waals surface area contributed by atoms with E-state index in [1.807, 2.05) is 15.8 Å². The minimum atomic E-state index is -0.988. The Morgan fingerprint density at radius 3 is 2.53 bits per heavy atom. The summed E-state index contributed by atoms with van der Waals surface area (Å²) in [5, 5.41) is 10.6. The number of unbranched alkanes of at least 4 members (excludes halogenated alkanes) is 4. The summed E-state index contributed by atoms with van der Waals surface area (Å²) in [6.07, 6.45) is 13.4. The number of benzene rings is 2. The van der Waals surface area contributed by atoms with Crippen LogP contribution < -0.4 is 21.1 Å². The Hall–Kier alpha value is -5.58. The number of hydrogen-bond donors (Lipinski definition) is 3. The van der Waals surface area contributed by atoms with Gasteiger partial charge >= 0.3 is 0 Å². The highest BCUT2D eigenvalue weighted by Gasteiger charge is 2.45. The zero-order valence-corrected chi connectivity index (χ0v) is 37.0. The van der Waals surface area contributed by atoms with Crippen molar-refractivity contribution < 1.29 is 33.1 Å². The fourth-order valence-electron chi connectivity index (χ4n) is 9.06. The van der Waals surface area contributed by atoms with E-state index in [1.165, 1.54) is 12.1 Å². The number of amides is 5. The van der Waals surface area contributed by atoms with Crippen molar-refractivity contribution in [2.45, 2.75) is 82.7 Å². The van der Waals surface area contributed by atoms with Gasteiger partial charge in [0.05, 0.1) is 35.0 Å². The molecule has 4 N–H and O–H groups in total. The van der Waals surface area contributed by atoms with E-state index >= 15 is 0 Å². The van der Waals surface area contributed by atoms with Crippen molar-refractivity contribution in [1.29, 1.82) is 0 Å². The second kappa shape index (κ2) is 20.1. The van der Waals surface area contributed by atoms with E-state index in [4.69, 9.17) is 33.7 Å². The summed E-state index contributed by atoms with van der Waals surface area (Å²) in [6, 6.07) is 8.81. The Labute approximate surface area is 380 Å². The second-order valence-electron chi connectivity index (χ2n) is 17.0. The van der Waals surface area contributed by atoms with Crippen LogP contribution in [0.3, 0.4) is 0 Å². The van der Waals surface area contributed by atoms with E-state index in [-0.39, 0.29) is 59.8 Å². The van der Waals surface area contributed by atoms with Gasteiger partial charge in [-0.3, -0.25) is 38.9 Å². The van der Waals surface area contributed by atoms with Crippen molar-refractivity contribution in [2.24, 2.45) is 5.92 Å². The summed E-state index contributed by atoms with van der Waals surface area (Å²) in [7, 11) is 0. The van der Waals surface area contributed by atoms with E-state index in [0.717, 1.165) is 80.6 Å². The fraction of sp³-hybridized carbons (Fsp3) is 0.457. The number of aromatic nitrogens is 3. The molecule has 15 nitrogen and oxygen atoms in total. The molecular formula is C46H52Cl2FN9O6. The van der Waals surface area contributed by atoms with Crippen LogP contribution in [0.1, 0.15) is 96.5 Å². The summed E-state index contributed by atoms with van der Waals surface area (Å²) >= 11 is 12.3. The third kappa shape index (κ3) is 10.0. The first-order valence-electron chi connectivity index (χ1n) is 22.1. The number of anilines is 2. The molecular weight excluding hydrogens is 864 g/mol. The van der Waals surface area contributed by atoms with Crippen molar-refractivity contribution in [2.75, 3.05) is 56.9 Å². The molecule has 3 saturated heterocycles. The fourth-order valence-corrected chi connectivity index (χ4v) is 9.62. The van der Waals surface area contributed by atoms with Crippen LogP contribution in [0, 0.1) is 11.7 Å². The molecule has 338 valence electrons. The van der Waals surface area contributed by atoms with Gasteiger partial charge < -0.3 is 25.6 Å². The number of carbonyl (C=O) groups is 5. The van der Waals surface area contributed by atoms with Crippen molar-refractivity contribution >= 4 is 64.2 Å². The molecule has 0 spiro atoms. The maximum absolute atomic E-state index is 13.9. The molecule has 3 fully saturated rings. The number of nitrogens with one attached hydrogen (secondary N) is 2. The number of ether oxygens (including phenoxy) is 1. The Morgan fingerprint density at radius 1 is 0.953 bits per heavy atom. The molecule has 4 aliphatic heterocycles. The minimum Gasteiger partial charge on any atom is -0.489 e. The first-order chi connectivity index (χ1) is 30.9. The van der Waals surface area contributed by atoms with Gasteiger partial charge in [0.15, 0.2) is 11.6 Å². The van der Waals surface area contributed by atoms with Crippen molar-refractivity contribution in [3.63, 3.8) is 0 Å². The minimum absolute atomic E-state index is 0.0230. The SMILES string of the molecule is Nc1ncc(-c2cnn(C3CCN(C(=O)CCCCCCCN4CC(CNc5cccc6c5C(=O)N([C@H]5CCC(=O)NC5=O)C6=O)C4)CC3)c2)cc1OCCc1c(Cl)ccc(F)c1Cl. The van der Waals surface area contributed by atoms with Crippen LogP contribution >= 0.6 is 23.2 Å². The Balaban J connectivity index is 0.684.